The SMILES string of the molecule is Cc1nc(-c2ncc3c(n2)[C@@]2(C)C=C(C#N)C(=O)C(C)(C)[C@@H]2CC3)cs1. The smallest absolute Gasteiger partial charge is 0.179 e. The van der Waals surface area contributed by atoms with Crippen molar-refractivity contribution in [2.24, 2.45) is 11.3 Å². The molecule has 0 radical (unpaired) electrons. The van der Waals surface area contributed by atoms with Crippen LogP contribution in [0.5, 0.6) is 0 Å². The fraction of sp³-hybridized carbons (Fsp3) is 0.450. The summed E-state index contributed by atoms with van der Waals surface area (Å²) < 4.78 is 0. The number of ketones is 1. The van der Waals surface area contributed by atoms with Gasteiger partial charge in [0.2, 0.25) is 0 Å². The number of aromatic nitrogens is 3. The molecule has 2 aliphatic rings. The second-order valence-corrected chi connectivity index (χ2v) is 8.98. The highest BCUT2D eigenvalue weighted by molar-refractivity contribution is 7.09. The number of Topliss-reactive ketones (excluding diaryl/α,β-unsaturated/α-hetero) is 1. The molecule has 0 aromatic carbocycles. The second-order valence-electron chi connectivity index (χ2n) is 7.91. The monoisotopic (exact) mass is 364 g/mol. The molecule has 4 rings (SSSR count). The maximum atomic E-state index is 12.7. The van der Waals surface area contributed by atoms with Gasteiger partial charge < -0.3 is 0 Å². The minimum absolute atomic E-state index is 0.0599. The molecule has 0 unspecified atom stereocenters. The number of aryl methyl sites for hydroxylation is 2. The van der Waals surface area contributed by atoms with E-state index in [0.29, 0.717) is 5.82 Å². The molecule has 0 N–H and O–H groups in total. The van der Waals surface area contributed by atoms with Crippen LogP contribution in [0.4, 0.5) is 0 Å². The van der Waals surface area contributed by atoms with E-state index in [1.807, 2.05) is 38.4 Å². The van der Waals surface area contributed by atoms with E-state index in [2.05, 4.69) is 23.0 Å². The summed E-state index contributed by atoms with van der Waals surface area (Å²) in [6.07, 6.45) is 5.46. The number of fused-ring (bicyclic) bond motifs is 3. The van der Waals surface area contributed by atoms with Crippen LogP contribution in [-0.2, 0) is 16.6 Å². The number of rotatable bonds is 1. The first-order valence-corrected chi connectivity index (χ1v) is 9.62. The average molecular weight is 364 g/mol. The Morgan fingerprint density at radius 1 is 1.31 bits per heavy atom. The molecule has 2 aromatic rings. The van der Waals surface area contributed by atoms with Gasteiger partial charge in [0, 0.05) is 22.4 Å². The molecule has 0 fully saturated rings. The van der Waals surface area contributed by atoms with E-state index in [0.717, 1.165) is 34.8 Å². The van der Waals surface area contributed by atoms with Crippen LogP contribution in [0, 0.1) is 29.6 Å². The lowest BCUT2D eigenvalue weighted by Gasteiger charge is -2.50. The molecule has 0 saturated heterocycles. The second kappa shape index (κ2) is 5.55. The van der Waals surface area contributed by atoms with Gasteiger partial charge in [0.05, 0.1) is 16.3 Å². The zero-order chi connectivity index (χ0) is 18.7. The third kappa shape index (κ3) is 2.27. The van der Waals surface area contributed by atoms with E-state index in [4.69, 9.17) is 4.98 Å². The van der Waals surface area contributed by atoms with E-state index in [1.54, 1.807) is 11.3 Å². The zero-order valence-corrected chi connectivity index (χ0v) is 16.1. The molecule has 6 heteroatoms. The number of nitrogens with zero attached hydrogens (tertiary/aromatic N) is 4. The van der Waals surface area contributed by atoms with Crippen LogP contribution in [0.25, 0.3) is 11.5 Å². The topological polar surface area (TPSA) is 79.5 Å². The van der Waals surface area contributed by atoms with Crippen molar-refractivity contribution in [1.82, 2.24) is 15.0 Å². The summed E-state index contributed by atoms with van der Waals surface area (Å²) in [7, 11) is 0. The number of hydrogen-bond donors (Lipinski definition) is 0. The minimum atomic E-state index is -0.589. The molecule has 132 valence electrons. The predicted octanol–water partition coefficient (Wildman–Crippen LogP) is 3.79. The van der Waals surface area contributed by atoms with Gasteiger partial charge in [0.25, 0.3) is 0 Å². The number of nitriles is 1. The van der Waals surface area contributed by atoms with Gasteiger partial charge in [0.1, 0.15) is 11.8 Å². The fourth-order valence-corrected chi connectivity index (χ4v) is 5.23. The molecule has 5 nitrogen and oxygen atoms in total. The number of carbonyl (C=O) groups is 1. The van der Waals surface area contributed by atoms with Crippen LogP contribution in [0.3, 0.4) is 0 Å². The molecule has 26 heavy (non-hydrogen) atoms. The Labute approximate surface area is 156 Å². The van der Waals surface area contributed by atoms with Gasteiger partial charge in [-0.3, -0.25) is 4.79 Å². The number of thiazole rings is 1. The quantitative estimate of drug-likeness (QED) is 0.769. The first kappa shape index (κ1) is 17.0. The van der Waals surface area contributed by atoms with Gasteiger partial charge in [-0.25, -0.2) is 15.0 Å². The molecule has 2 aliphatic carbocycles. The summed E-state index contributed by atoms with van der Waals surface area (Å²) in [5.41, 5.74) is 1.99. The third-order valence-electron chi connectivity index (χ3n) is 5.91. The van der Waals surface area contributed by atoms with E-state index in [1.165, 1.54) is 0 Å². The highest BCUT2D eigenvalue weighted by atomic mass is 32.1. The van der Waals surface area contributed by atoms with Crippen LogP contribution >= 0.6 is 11.3 Å². The highest BCUT2D eigenvalue weighted by Gasteiger charge is 2.54. The predicted molar refractivity (Wildman–Crippen MR) is 99.5 cm³/mol. The summed E-state index contributed by atoms with van der Waals surface area (Å²) in [6.45, 7) is 7.98. The summed E-state index contributed by atoms with van der Waals surface area (Å²) in [5, 5.41) is 12.4. The Kier molecular flexibility index (Phi) is 3.64. The van der Waals surface area contributed by atoms with Crippen LogP contribution in [0.2, 0.25) is 0 Å². The normalized spacial score (nSPS) is 26.5. The van der Waals surface area contributed by atoms with Crippen molar-refractivity contribution in [1.29, 1.82) is 5.26 Å². The molecule has 0 spiro atoms. The van der Waals surface area contributed by atoms with Crippen LogP contribution in [0.15, 0.2) is 23.2 Å². The standard InChI is InChI=1S/C20H20N4OS/c1-11-23-14(10-26-11)18-22-9-12-5-6-15-19(2,3)17(25)13(8-21)7-20(15,4)16(12)24-18/h7,9-10,15H,5-6H2,1-4H3/t15-,20-/m0/s1. The van der Waals surface area contributed by atoms with Crippen molar-refractivity contribution < 1.29 is 4.79 Å². The lowest BCUT2D eigenvalue weighted by atomic mass is 9.52. The number of hydrogen-bond acceptors (Lipinski definition) is 6. The molecule has 2 heterocycles. The largest absolute Gasteiger partial charge is 0.293 e. The molecule has 2 aromatic heterocycles. The maximum Gasteiger partial charge on any atom is 0.179 e. The first-order chi connectivity index (χ1) is 12.3. The van der Waals surface area contributed by atoms with Crippen molar-refractivity contribution in [2.75, 3.05) is 0 Å². The van der Waals surface area contributed by atoms with Crippen molar-refractivity contribution in [3.63, 3.8) is 0 Å². The van der Waals surface area contributed by atoms with Gasteiger partial charge in [-0.2, -0.15) is 5.26 Å². The van der Waals surface area contributed by atoms with Gasteiger partial charge in [-0.15, -0.1) is 11.3 Å². The van der Waals surface area contributed by atoms with E-state index in [-0.39, 0.29) is 17.3 Å². The Bertz CT molecular complexity index is 997. The van der Waals surface area contributed by atoms with Crippen LogP contribution < -0.4 is 0 Å². The Morgan fingerprint density at radius 2 is 2.08 bits per heavy atom. The van der Waals surface area contributed by atoms with Gasteiger partial charge in [-0.05, 0) is 31.2 Å². The fourth-order valence-electron chi connectivity index (χ4n) is 4.64. The van der Waals surface area contributed by atoms with Gasteiger partial charge >= 0.3 is 0 Å². The highest BCUT2D eigenvalue weighted by Crippen LogP contribution is 2.54. The molecular formula is C20H20N4OS. The van der Waals surface area contributed by atoms with E-state index in [9.17, 15) is 10.1 Å². The minimum Gasteiger partial charge on any atom is -0.293 e. The lowest BCUT2D eigenvalue weighted by Crippen LogP contribution is -2.51. The number of allylic oxidation sites excluding steroid dienone is 2. The summed E-state index contributed by atoms with van der Waals surface area (Å²) >= 11 is 1.57. The number of carbonyl (C=O) groups excluding carboxylic acids is 1. The maximum absolute atomic E-state index is 12.7. The Balaban J connectivity index is 1.93. The molecule has 2 atom stereocenters. The van der Waals surface area contributed by atoms with Crippen molar-refractivity contribution >= 4 is 17.1 Å². The molecular weight excluding hydrogens is 344 g/mol. The zero-order valence-electron chi connectivity index (χ0n) is 15.3. The molecule has 0 amide bonds. The molecule has 0 aliphatic heterocycles. The lowest BCUT2D eigenvalue weighted by molar-refractivity contribution is -0.128. The average Bonchev–Trinajstić information content (AvgIpc) is 3.04. The summed E-state index contributed by atoms with van der Waals surface area (Å²) in [6, 6.07) is 2.11. The van der Waals surface area contributed by atoms with Crippen molar-refractivity contribution in [3.8, 4) is 17.6 Å². The van der Waals surface area contributed by atoms with Crippen molar-refractivity contribution in [3.05, 3.63) is 39.5 Å². The van der Waals surface area contributed by atoms with E-state index < -0.39 is 10.8 Å². The molecule has 0 bridgehead atoms. The van der Waals surface area contributed by atoms with Crippen LogP contribution in [0.1, 0.15) is 43.5 Å². The van der Waals surface area contributed by atoms with Crippen LogP contribution in [-0.4, -0.2) is 20.7 Å². The first-order valence-electron chi connectivity index (χ1n) is 8.74. The Morgan fingerprint density at radius 3 is 2.73 bits per heavy atom. The third-order valence-corrected chi connectivity index (χ3v) is 6.69. The van der Waals surface area contributed by atoms with Crippen molar-refractivity contribution in [2.45, 2.75) is 46.0 Å². The van der Waals surface area contributed by atoms with Gasteiger partial charge in [-0.1, -0.05) is 26.8 Å². The summed E-state index contributed by atoms with van der Waals surface area (Å²) in [5.74, 6) is 0.652. The Hall–Kier alpha value is -2.39. The van der Waals surface area contributed by atoms with E-state index >= 15 is 0 Å². The van der Waals surface area contributed by atoms with Gasteiger partial charge in [0.15, 0.2) is 11.6 Å². The summed E-state index contributed by atoms with van der Waals surface area (Å²) in [4.78, 5) is 26.6. The molecule has 0 saturated carbocycles.